The predicted molar refractivity (Wildman–Crippen MR) is 103 cm³/mol. The van der Waals surface area contributed by atoms with Crippen molar-refractivity contribution in [1.29, 1.82) is 0 Å². The zero-order valence-corrected chi connectivity index (χ0v) is 15.8. The van der Waals surface area contributed by atoms with Gasteiger partial charge in [0.2, 0.25) is 0 Å². The minimum atomic E-state index is -0.167. The van der Waals surface area contributed by atoms with Crippen LogP contribution in [0.15, 0.2) is 41.0 Å². The molecular weight excluding hydrogens is 392 g/mol. The number of piperazine rings is 1. The monoisotopic (exact) mass is 410 g/mol. The van der Waals surface area contributed by atoms with Crippen LogP contribution < -0.4 is 15.5 Å². The van der Waals surface area contributed by atoms with Gasteiger partial charge < -0.3 is 15.5 Å². The number of amides is 1. The van der Waals surface area contributed by atoms with Crippen molar-refractivity contribution in [3.8, 4) is 0 Å². The number of rotatable bonds is 3. The van der Waals surface area contributed by atoms with Gasteiger partial charge in [0.1, 0.15) is 5.82 Å². The first-order valence-electron chi connectivity index (χ1n) is 7.63. The van der Waals surface area contributed by atoms with Crippen molar-refractivity contribution in [1.82, 2.24) is 10.3 Å². The summed E-state index contributed by atoms with van der Waals surface area (Å²) in [7, 11) is 0. The minimum absolute atomic E-state index is 0. The van der Waals surface area contributed by atoms with Crippen LogP contribution in [0.1, 0.15) is 15.9 Å². The SMILES string of the molecule is Cc1ccc(C(=O)Nc2ccc(N3CCNCC3)cn2)c(Br)c1.Cl. The smallest absolute Gasteiger partial charge is 0.257 e. The van der Waals surface area contributed by atoms with Crippen molar-refractivity contribution in [3.05, 3.63) is 52.1 Å². The molecule has 3 rings (SSSR count). The molecule has 1 aliphatic rings. The quantitative estimate of drug-likeness (QED) is 0.814. The van der Waals surface area contributed by atoms with E-state index in [9.17, 15) is 4.79 Å². The molecule has 2 aromatic rings. The molecule has 5 nitrogen and oxygen atoms in total. The number of pyridine rings is 1. The summed E-state index contributed by atoms with van der Waals surface area (Å²) in [4.78, 5) is 19.0. The van der Waals surface area contributed by atoms with Gasteiger partial charge in [-0.15, -0.1) is 12.4 Å². The lowest BCUT2D eigenvalue weighted by Crippen LogP contribution is -2.43. The number of nitrogens with zero attached hydrogens (tertiary/aromatic N) is 2. The molecular formula is C17H20BrClN4O. The van der Waals surface area contributed by atoms with Crippen LogP contribution in [-0.4, -0.2) is 37.1 Å². The van der Waals surface area contributed by atoms with Crippen LogP contribution in [0.3, 0.4) is 0 Å². The Balaban J connectivity index is 0.00000208. The topological polar surface area (TPSA) is 57.3 Å². The first-order chi connectivity index (χ1) is 11.1. The van der Waals surface area contributed by atoms with E-state index in [2.05, 4.69) is 36.4 Å². The second kappa shape index (κ2) is 8.46. The Labute approximate surface area is 156 Å². The van der Waals surface area contributed by atoms with Gasteiger partial charge in [0, 0.05) is 30.7 Å². The summed E-state index contributed by atoms with van der Waals surface area (Å²) in [5.41, 5.74) is 2.79. The first-order valence-corrected chi connectivity index (χ1v) is 8.42. The van der Waals surface area contributed by atoms with E-state index in [1.165, 1.54) is 0 Å². The van der Waals surface area contributed by atoms with Gasteiger partial charge in [-0.05, 0) is 52.7 Å². The highest BCUT2D eigenvalue weighted by Crippen LogP contribution is 2.20. The summed E-state index contributed by atoms with van der Waals surface area (Å²) in [5.74, 6) is 0.389. The van der Waals surface area contributed by atoms with Gasteiger partial charge in [-0.2, -0.15) is 0 Å². The number of aromatic nitrogens is 1. The van der Waals surface area contributed by atoms with Gasteiger partial charge >= 0.3 is 0 Å². The van der Waals surface area contributed by atoms with Crippen LogP contribution in [0.5, 0.6) is 0 Å². The second-order valence-electron chi connectivity index (χ2n) is 5.58. The molecule has 128 valence electrons. The van der Waals surface area contributed by atoms with Crippen LogP contribution in [-0.2, 0) is 0 Å². The molecule has 0 bridgehead atoms. The van der Waals surface area contributed by atoms with Crippen LogP contribution in [0.25, 0.3) is 0 Å². The third-order valence-electron chi connectivity index (χ3n) is 3.84. The number of hydrogen-bond donors (Lipinski definition) is 2. The summed E-state index contributed by atoms with van der Waals surface area (Å²) in [6.07, 6.45) is 1.81. The van der Waals surface area contributed by atoms with Crippen LogP contribution in [0, 0.1) is 6.92 Å². The zero-order valence-electron chi connectivity index (χ0n) is 13.4. The van der Waals surface area contributed by atoms with Gasteiger partial charge in [0.05, 0.1) is 17.4 Å². The average Bonchev–Trinajstić information content (AvgIpc) is 2.56. The van der Waals surface area contributed by atoms with Gasteiger partial charge in [0.15, 0.2) is 0 Å². The molecule has 24 heavy (non-hydrogen) atoms. The first kappa shape index (κ1) is 18.7. The molecule has 2 N–H and O–H groups in total. The van der Waals surface area contributed by atoms with Crippen molar-refractivity contribution in [3.63, 3.8) is 0 Å². The van der Waals surface area contributed by atoms with E-state index in [4.69, 9.17) is 0 Å². The fourth-order valence-corrected chi connectivity index (χ4v) is 3.23. The molecule has 1 aliphatic heterocycles. The van der Waals surface area contributed by atoms with Crippen molar-refractivity contribution >= 4 is 45.7 Å². The predicted octanol–water partition coefficient (Wildman–Crippen LogP) is 3.24. The zero-order chi connectivity index (χ0) is 16.2. The number of hydrogen-bond acceptors (Lipinski definition) is 4. The van der Waals surface area contributed by atoms with E-state index in [0.717, 1.165) is 41.9 Å². The van der Waals surface area contributed by atoms with Gasteiger partial charge in [-0.25, -0.2) is 4.98 Å². The van der Waals surface area contributed by atoms with Crippen molar-refractivity contribution in [2.24, 2.45) is 0 Å². The molecule has 1 aromatic heterocycles. The Kier molecular flexibility index (Phi) is 6.60. The van der Waals surface area contributed by atoms with E-state index < -0.39 is 0 Å². The standard InChI is InChI=1S/C17H19BrN4O.ClH/c1-12-2-4-14(15(18)10-12)17(23)21-16-5-3-13(11-20-16)22-8-6-19-7-9-22;/h2-5,10-11,19H,6-9H2,1H3,(H,20,21,23);1H. The third kappa shape index (κ3) is 4.47. The highest BCUT2D eigenvalue weighted by atomic mass is 79.9. The minimum Gasteiger partial charge on any atom is -0.368 e. The van der Waals surface area contributed by atoms with E-state index in [1.54, 1.807) is 0 Å². The molecule has 2 heterocycles. The summed E-state index contributed by atoms with van der Waals surface area (Å²) in [5, 5.41) is 6.16. The highest BCUT2D eigenvalue weighted by molar-refractivity contribution is 9.10. The summed E-state index contributed by atoms with van der Waals surface area (Å²) >= 11 is 3.43. The Morgan fingerprint density at radius 3 is 2.62 bits per heavy atom. The highest BCUT2D eigenvalue weighted by Gasteiger charge is 2.13. The number of carbonyl (C=O) groups is 1. The lowest BCUT2D eigenvalue weighted by atomic mass is 10.1. The van der Waals surface area contributed by atoms with Crippen LogP contribution >= 0.6 is 28.3 Å². The Morgan fingerprint density at radius 1 is 1.25 bits per heavy atom. The van der Waals surface area contributed by atoms with Crippen molar-refractivity contribution < 1.29 is 4.79 Å². The number of anilines is 2. The average molecular weight is 412 g/mol. The molecule has 0 atom stereocenters. The summed E-state index contributed by atoms with van der Waals surface area (Å²) < 4.78 is 0.785. The normalized spacial score (nSPS) is 14.0. The molecule has 7 heteroatoms. The number of halogens is 2. The van der Waals surface area contributed by atoms with Crippen molar-refractivity contribution in [2.45, 2.75) is 6.92 Å². The van der Waals surface area contributed by atoms with Gasteiger partial charge in [-0.1, -0.05) is 6.07 Å². The fourth-order valence-electron chi connectivity index (χ4n) is 2.56. The van der Waals surface area contributed by atoms with E-state index in [0.29, 0.717) is 11.4 Å². The molecule has 1 amide bonds. The van der Waals surface area contributed by atoms with Gasteiger partial charge in [0.25, 0.3) is 5.91 Å². The summed E-state index contributed by atoms with van der Waals surface area (Å²) in [6, 6.07) is 9.50. The summed E-state index contributed by atoms with van der Waals surface area (Å²) in [6.45, 7) is 5.91. The molecule has 0 unspecified atom stereocenters. The molecule has 1 fully saturated rings. The molecule has 1 saturated heterocycles. The van der Waals surface area contributed by atoms with Crippen LogP contribution in [0.2, 0.25) is 0 Å². The largest absolute Gasteiger partial charge is 0.368 e. The second-order valence-corrected chi connectivity index (χ2v) is 6.43. The molecule has 0 saturated carbocycles. The lowest BCUT2D eigenvalue weighted by molar-refractivity contribution is 0.102. The Morgan fingerprint density at radius 2 is 2.00 bits per heavy atom. The Hall–Kier alpha value is -1.63. The van der Waals surface area contributed by atoms with Crippen molar-refractivity contribution in [2.75, 3.05) is 36.4 Å². The van der Waals surface area contributed by atoms with Gasteiger partial charge in [-0.3, -0.25) is 4.79 Å². The van der Waals surface area contributed by atoms with E-state index >= 15 is 0 Å². The molecule has 1 aromatic carbocycles. The third-order valence-corrected chi connectivity index (χ3v) is 4.50. The number of nitrogens with one attached hydrogen (secondary N) is 2. The maximum Gasteiger partial charge on any atom is 0.257 e. The van der Waals surface area contributed by atoms with E-state index in [-0.39, 0.29) is 18.3 Å². The number of carbonyl (C=O) groups excluding carboxylic acids is 1. The number of benzene rings is 1. The molecule has 0 aliphatic carbocycles. The lowest BCUT2D eigenvalue weighted by Gasteiger charge is -2.29. The molecule has 0 radical (unpaired) electrons. The van der Waals surface area contributed by atoms with E-state index in [1.807, 2.05) is 43.5 Å². The van der Waals surface area contributed by atoms with Crippen LogP contribution in [0.4, 0.5) is 11.5 Å². The maximum absolute atomic E-state index is 12.3. The maximum atomic E-state index is 12.3. The molecule has 0 spiro atoms. The Bertz CT molecular complexity index is 702. The number of aryl methyl sites for hydroxylation is 1. The fraction of sp³-hybridized carbons (Fsp3) is 0.294.